The van der Waals surface area contributed by atoms with Gasteiger partial charge < -0.3 is 4.98 Å². The van der Waals surface area contributed by atoms with Gasteiger partial charge in [0, 0.05) is 5.38 Å². The van der Waals surface area contributed by atoms with Crippen LogP contribution in [-0.2, 0) is 11.6 Å². The third-order valence-electron chi connectivity index (χ3n) is 4.02. The molecule has 1 N–H and O–H groups in total. The fourth-order valence-electron chi connectivity index (χ4n) is 2.48. The van der Waals surface area contributed by atoms with Crippen LogP contribution in [0, 0.1) is 0 Å². The van der Waals surface area contributed by atoms with Crippen molar-refractivity contribution in [2.45, 2.75) is 32.4 Å². The Labute approximate surface area is 154 Å². The van der Waals surface area contributed by atoms with E-state index in [-0.39, 0.29) is 5.41 Å². The quantitative estimate of drug-likeness (QED) is 0.544. The van der Waals surface area contributed by atoms with Gasteiger partial charge >= 0.3 is 6.18 Å². The van der Waals surface area contributed by atoms with Crippen LogP contribution >= 0.6 is 11.3 Å². The number of alkyl halides is 3. The molecule has 0 aliphatic heterocycles. The second-order valence-corrected chi connectivity index (χ2v) is 7.92. The van der Waals surface area contributed by atoms with E-state index in [1.807, 2.05) is 5.38 Å². The van der Waals surface area contributed by atoms with Crippen LogP contribution in [0.2, 0.25) is 0 Å². The number of thiazole rings is 1. The summed E-state index contributed by atoms with van der Waals surface area (Å²) in [5, 5.41) is 1.95. The van der Waals surface area contributed by atoms with E-state index < -0.39 is 11.7 Å². The van der Waals surface area contributed by atoms with E-state index in [0.717, 1.165) is 23.4 Å². The van der Waals surface area contributed by atoms with Crippen molar-refractivity contribution in [1.29, 1.82) is 0 Å². The zero-order valence-corrected chi connectivity index (χ0v) is 15.5. The van der Waals surface area contributed by atoms with Crippen LogP contribution in [0.4, 0.5) is 18.9 Å². The molecule has 1 aromatic heterocycles. The van der Waals surface area contributed by atoms with Crippen LogP contribution in [0.15, 0.2) is 58.9 Å². The van der Waals surface area contributed by atoms with Crippen LogP contribution in [0.5, 0.6) is 0 Å². The van der Waals surface area contributed by atoms with Crippen LogP contribution in [0.3, 0.4) is 0 Å². The van der Waals surface area contributed by atoms with Gasteiger partial charge in [0.05, 0.1) is 16.9 Å². The first-order valence-electron chi connectivity index (χ1n) is 8.14. The van der Waals surface area contributed by atoms with Crippen LogP contribution < -0.4 is 4.80 Å². The molecule has 0 bridgehead atoms. The molecule has 2 aromatic carbocycles. The molecule has 136 valence electrons. The Bertz CT molecular complexity index is 941. The van der Waals surface area contributed by atoms with Gasteiger partial charge in [-0.1, -0.05) is 45.0 Å². The minimum atomic E-state index is -4.33. The molecule has 3 rings (SSSR count). The van der Waals surface area contributed by atoms with Crippen molar-refractivity contribution in [3.63, 3.8) is 0 Å². The highest BCUT2D eigenvalue weighted by molar-refractivity contribution is 7.07. The Balaban J connectivity index is 1.84. The molecule has 0 saturated heterocycles. The maximum atomic E-state index is 12.6. The monoisotopic (exact) mass is 376 g/mol. The molecule has 2 nitrogen and oxygen atoms in total. The lowest BCUT2D eigenvalue weighted by Gasteiger charge is -2.18. The lowest BCUT2D eigenvalue weighted by Crippen LogP contribution is -2.10. The van der Waals surface area contributed by atoms with Gasteiger partial charge in [0.15, 0.2) is 4.80 Å². The van der Waals surface area contributed by atoms with Gasteiger partial charge in [-0.05, 0) is 40.8 Å². The first-order chi connectivity index (χ1) is 12.1. The van der Waals surface area contributed by atoms with Gasteiger partial charge in [-0.3, -0.25) is 0 Å². The van der Waals surface area contributed by atoms with Gasteiger partial charge in [0.2, 0.25) is 0 Å². The van der Waals surface area contributed by atoms with Crippen molar-refractivity contribution in [2.75, 3.05) is 0 Å². The van der Waals surface area contributed by atoms with Crippen molar-refractivity contribution in [2.24, 2.45) is 4.99 Å². The number of nitrogens with zero attached hydrogens (tertiary/aromatic N) is 1. The van der Waals surface area contributed by atoms with E-state index in [2.05, 4.69) is 55.0 Å². The van der Waals surface area contributed by atoms with Gasteiger partial charge in [0.1, 0.15) is 0 Å². The standard InChI is InChI=1S/C20H19F3N2S/c1-19(2,3)14-6-4-13(5-7-14)17-12-26-18(25-17)24-16-10-8-15(9-11-16)20(21,22)23/h4-12H,1-3H3,(H,24,25). The Morgan fingerprint density at radius 1 is 0.846 bits per heavy atom. The third kappa shape index (κ3) is 4.25. The maximum absolute atomic E-state index is 12.6. The van der Waals surface area contributed by atoms with E-state index in [9.17, 15) is 13.2 Å². The lowest BCUT2D eigenvalue weighted by atomic mass is 9.86. The molecule has 0 unspecified atom stereocenters. The summed E-state index contributed by atoms with van der Waals surface area (Å²) in [7, 11) is 0. The Morgan fingerprint density at radius 2 is 1.42 bits per heavy atom. The van der Waals surface area contributed by atoms with E-state index in [0.29, 0.717) is 10.5 Å². The maximum Gasteiger partial charge on any atom is 0.416 e. The fourth-order valence-corrected chi connectivity index (χ4v) is 3.23. The lowest BCUT2D eigenvalue weighted by molar-refractivity contribution is -0.137. The van der Waals surface area contributed by atoms with Gasteiger partial charge in [0.25, 0.3) is 0 Å². The van der Waals surface area contributed by atoms with Crippen LogP contribution in [0.1, 0.15) is 31.9 Å². The van der Waals surface area contributed by atoms with Crippen molar-refractivity contribution < 1.29 is 13.2 Å². The van der Waals surface area contributed by atoms with Gasteiger partial charge in [-0.15, -0.1) is 11.3 Å². The smallest absolute Gasteiger partial charge is 0.330 e. The van der Waals surface area contributed by atoms with E-state index >= 15 is 0 Å². The SMILES string of the molecule is CC(C)(C)c1ccc(-c2csc(=Nc3ccc(C(F)(F)F)cc3)[nH]2)cc1. The number of aromatic nitrogens is 1. The molecular formula is C20H19F3N2S. The van der Waals surface area contributed by atoms with E-state index in [1.165, 1.54) is 29.0 Å². The first-order valence-corrected chi connectivity index (χ1v) is 9.02. The highest BCUT2D eigenvalue weighted by atomic mass is 32.1. The average Bonchev–Trinajstić information content (AvgIpc) is 3.02. The number of benzene rings is 2. The molecule has 0 fully saturated rings. The molecular weight excluding hydrogens is 357 g/mol. The summed E-state index contributed by atoms with van der Waals surface area (Å²) < 4.78 is 37.8. The minimum absolute atomic E-state index is 0.0972. The molecule has 0 aliphatic carbocycles. The largest absolute Gasteiger partial charge is 0.416 e. The zero-order chi connectivity index (χ0) is 18.9. The van der Waals surface area contributed by atoms with Crippen molar-refractivity contribution in [1.82, 2.24) is 4.98 Å². The molecule has 26 heavy (non-hydrogen) atoms. The molecule has 0 aliphatic rings. The zero-order valence-electron chi connectivity index (χ0n) is 14.7. The third-order valence-corrected chi connectivity index (χ3v) is 4.79. The molecule has 1 heterocycles. The van der Waals surface area contributed by atoms with Crippen molar-refractivity contribution in [3.05, 3.63) is 69.8 Å². The number of nitrogens with one attached hydrogen (secondary N) is 1. The molecule has 0 amide bonds. The summed E-state index contributed by atoms with van der Waals surface area (Å²) in [6.45, 7) is 6.50. The van der Waals surface area contributed by atoms with Crippen LogP contribution in [0.25, 0.3) is 11.3 Å². The first kappa shape index (κ1) is 18.5. The average molecular weight is 376 g/mol. The normalized spacial score (nSPS) is 13.2. The number of hydrogen-bond donors (Lipinski definition) is 1. The predicted octanol–water partition coefficient (Wildman–Crippen LogP) is 6.29. The minimum Gasteiger partial charge on any atom is -0.330 e. The molecule has 6 heteroatoms. The predicted molar refractivity (Wildman–Crippen MR) is 99.5 cm³/mol. The molecule has 0 atom stereocenters. The summed E-state index contributed by atoms with van der Waals surface area (Å²) in [4.78, 5) is 8.21. The fraction of sp³-hybridized carbons (Fsp3) is 0.250. The Morgan fingerprint density at radius 3 is 1.96 bits per heavy atom. The van der Waals surface area contributed by atoms with Gasteiger partial charge in [-0.25, -0.2) is 4.99 Å². The summed E-state index contributed by atoms with van der Waals surface area (Å²) in [6, 6.07) is 13.1. The Kier molecular flexibility index (Phi) is 4.80. The summed E-state index contributed by atoms with van der Waals surface area (Å²) >= 11 is 1.41. The number of H-pyrrole nitrogens is 1. The van der Waals surface area contributed by atoms with E-state index in [4.69, 9.17) is 0 Å². The highest BCUT2D eigenvalue weighted by Gasteiger charge is 2.29. The van der Waals surface area contributed by atoms with Gasteiger partial charge in [-0.2, -0.15) is 13.2 Å². The van der Waals surface area contributed by atoms with Crippen molar-refractivity contribution in [3.8, 4) is 11.3 Å². The van der Waals surface area contributed by atoms with Crippen LogP contribution in [-0.4, -0.2) is 4.98 Å². The van der Waals surface area contributed by atoms with E-state index in [1.54, 1.807) is 0 Å². The summed E-state index contributed by atoms with van der Waals surface area (Å²) in [5.41, 5.74) is 3.13. The Hall–Kier alpha value is -2.34. The molecule has 0 saturated carbocycles. The second-order valence-electron chi connectivity index (χ2n) is 7.06. The molecule has 0 spiro atoms. The summed E-state index contributed by atoms with van der Waals surface area (Å²) in [6.07, 6.45) is -4.33. The van der Waals surface area contributed by atoms with Crippen molar-refractivity contribution >= 4 is 17.0 Å². The second kappa shape index (κ2) is 6.76. The molecule has 3 aromatic rings. The number of rotatable bonds is 2. The number of aromatic amines is 1. The number of hydrogen-bond acceptors (Lipinski definition) is 2. The topological polar surface area (TPSA) is 28.1 Å². The summed E-state index contributed by atoms with van der Waals surface area (Å²) in [5.74, 6) is 0. The molecule has 0 radical (unpaired) electrons. The highest BCUT2D eigenvalue weighted by Crippen LogP contribution is 2.30. The number of halogens is 3.